The average molecular weight is 1160 g/mol. The summed E-state index contributed by atoms with van der Waals surface area (Å²) in [6.45, 7) is 2.44. The highest BCUT2D eigenvalue weighted by molar-refractivity contribution is 7.47. The summed E-state index contributed by atoms with van der Waals surface area (Å²) in [6, 6.07) is 0. The number of ether oxygens (including phenoxy) is 3. The Bertz CT molecular complexity index is 1750. The SMILES string of the molecule is CC/C=C\C/C=C\C/C=C\C/C=C\CCCCCCCCC(=O)OCC(O)COP(=O)(O)OCC(O)COP(=O)(O)OCC(COC(=O)CCCCCCC/C=C\CCCCCC)OC(=O)CCCCCCC/C=C\CCCC. The topological polar surface area (TPSA) is 231 Å². The van der Waals surface area contributed by atoms with Gasteiger partial charge in [-0.25, -0.2) is 9.13 Å². The van der Waals surface area contributed by atoms with E-state index < -0.39 is 91.5 Å². The Hall–Kier alpha value is -3.01. The first-order chi connectivity index (χ1) is 38.2. The Kier molecular flexibility index (Phi) is 53.4. The Balaban J connectivity index is 4.61. The van der Waals surface area contributed by atoms with Gasteiger partial charge >= 0.3 is 33.6 Å². The number of hydrogen-bond acceptors (Lipinski definition) is 14. The Labute approximate surface area is 477 Å². The summed E-state index contributed by atoms with van der Waals surface area (Å²) in [5.41, 5.74) is 0. The lowest BCUT2D eigenvalue weighted by Crippen LogP contribution is -2.30. The van der Waals surface area contributed by atoms with Gasteiger partial charge in [-0.05, 0) is 103 Å². The molecule has 5 unspecified atom stereocenters. The van der Waals surface area contributed by atoms with E-state index in [-0.39, 0.29) is 19.3 Å². The van der Waals surface area contributed by atoms with Gasteiger partial charge in [-0.2, -0.15) is 0 Å². The van der Waals surface area contributed by atoms with Gasteiger partial charge in [0, 0.05) is 19.3 Å². The number of phosphoric acid groups is 2. The molecule has 0 spiro atoms. The molecule has 16 nitrogen and oxygen atoms in total. The Morgan fingerprint density at radius 3 is 1.11 bits per heavy atom. The number of carbonyl (C=O) groups excluding carboxylic acids is 3. The molecule has 4 N–H and O–H groups in total. The smallest absolute Gasteiger partial charge is 0.463 e. The normalized spacial score (nSPS) is 15.0. The van der Waals surface area contributed by atoms with Crippen LogP contribution in [-0.2, 0) is 55.8 Å². The second kappa shape index (κ2) is 55.5. The van der Waals surface area contributed by atoms with Gasteiger partial charge in [-0.1, -0.05) is 190 Å². The summed E-state index contributed by atoms with van der Waals surface area (Å²) in [7, 11) is -9.76. The first-order valence-corrected chi connectivity index (χ1v) is 33.2. The Morgan fingerprint density at radius 1 is 0.367 bits per heavy atom. The third-order valence-corrected chi connectivity index (χ3v) is 14.3. The lowest BCUT2D eigenvalue weighted by molar-refractivity contribution is -0.161. The van der Waals surface area contributed by atoms with Crippen LogP contribution in [0.3, 0.4) is 0 Å². The van der Waals surface area contributed by atoms with Crippen LogP contribution in [0.4, 0.5) is 0 Å². The van der Waals surface area contributed by atoms with Crippen molar-refractivity contribution in [3.8, 4) is 0 Å². The number of allylic oxidation sites excluding steroid dienone is 12. The van der Waals surface area contributed by atoms with E-state index in [4.69, 9.17) is 32.3 Å². The molecular formula is C61H108O16P2. The minimum Gasteiger partial charge on any atom is -0.463 e. The summed E-state index contributed by atoms with van der Waals surface area (Å²) in [6.07, 6.45) is 54.1. The number of aliphatic hydroxyl groups is 2. The quantitative estimate of drug-likeness (QED) is 0.0146. The van der Waals surface area contributed by atoms with Crippen LogP contribution in [0, 0.1) is 0 Å². The predicted molar refractivity (Wildman–Crippen MR) is 316 cm³/mol. The molecule has 0 heterocycles. The molecule has 0 aliphatic carbocycles. The zero-order chi connectivity index (χ0) is 58.2. The van der Waals surface area contributed by atoms with Crippen molar-refractivity contribution in [1.29, 1.82) is 0 Å². The summed E-state index contributed by atoms with van der Waals surface area (Å²) in [5.74, 6) is -1.61. The van der Waals surface area contributed by atoms with Crippen LogP contribution >= 0.6 is 15.6 Å². The third-order valence-electron chi connectivity index (χ3n) is 12.4. The van der Waals surface area contributed by atoms with Gasteiger partial charge in [0.25, 0.3) is 0 Å². The van der Waals surface area contributed by atoms with Crippen molar-refractivity contribution in [2.24, 2.45) is 0 Å². The van der Waals surface area contributed by atoms with Crippen LogP contribution in [0.5, 0.6) is 0 Å². The molecule has 0 fully saturated rings. The number of hydrogen-bond donors (Lipinski definition) is 4. The zero-order valence-electron chi connectivity index (χ0n) is 49.0. The van der Waals surface area contributed by atoms with Crippen LogP contribution < -0.4 is 0 Å². The van der Waals surface area contributed by atoms with Crippen molar-refractivity contribution in [3.05, 3.63) is 72.9 Å². The van der Waals surface area contributed by atoms with Crippen LogP contribution in [0.25, 0.3) is 0 Å². The van der Waals surface area contributed by atoms with E-state index in [0.717, 1.165) is 141 Å². The standard InChI is InChI=1S/C61H108O16P2/c1-4-7-10-13-16-19-22-24-25-26-27-28-29-31-34-35-38-41-44-47-59(64)71-50-56(62)51-73-78(67,68)74-52-57(63)53-75-79(69,70)76-55-58(77-61(66)49-46-43-40-37-32-21-18-15-12-9-6-3)54-72-60(65)48-45-42-39-36-33-30-23-20-17-14-11-8-5-2/h7,10,15-16,18-20,23-25,27-28,56-58,62-63H,4-6,8-9,11-14,17,21-22,26,29-55H2,1-3H3,(H,67,68)(H,69,70)/b10-7-,18-15-,19-16-,23-20-,25-24-,28-27-. The zero-order valence-corrected chi connectivity index (χ0v) is 50.8. The van der Waals surface area contributed by atoms with E-state index in [0.29, 0.717) is 19.3 Å². The van der Waals surface area contributed by atoms with Crippen LogP contribution in [0.15, 0.2) is 72.9 Å². The molecule has 0 aromatic rings. The van der Waals surface area contributed by atoms with Crippen LogP contribution in [0.2, 0.25) is 0 Å². The molecule has 18 heteroatoms. The number of unbranched alkanes of at least 4 members (excludes halogenated alkanes) is 22. The largest absolute Gasteiger partial charge is 0.472 e. The van der Waals surface area contributed by atoms with E-state index in [2.05, 4.69) is 93.7 Å². The fourth-order valence-electron chi connectivity index (χ4n) is 7.71. The molecule has 0 saturated carbocycles. The minimum atomic E-state index is -4.91. The fourth-order valence-corrected chi connectivity index (χ4v) is 9.30. The van der Waals surface area contributed by atoms with Gasteiger partial charge < -0.3 is 34.2 Å². The van der Waals surface area contributed by atoms with Crippen molar-refractivity contribution in [2.45, 2.75) is 257 Å². The van der Waals surface area contributed by atoms with Gasteiger partial charge in [0.1, 0.15) is 25.4 Å². The molecule has 0 rings (SSSR count). The molecule has 0 aliphatic heterocycles. The number of phosphoric ester groups is 2. The van der Waals surface area contributed by atoms with Crippen molar-refractivity contribution >= 4 is 33.6 Å². The van der Waals surface area contributed by atoms with Crippen molar-refractivity contribution < 1.29 is 75.8 Å². The van der Waals surface area contributed by atoms with Gasteiger partial charge in [0.15, 0.2) is 6.10 Å². The highest BCUT2D eigenvalue weighted by Gasteiger charge is 2.29. The van der Waals surface area contributed by atoms with E-state index in [1.807, 2.05) is 0 Å². The maximum atomic E-state index is 12.8. The second-order valence-electron chi connectivity index (χ2n) is 20.1. The van der Waals surface area contributed by atoms with E-state index in [9.17, 15) is 43.5 Å². The lowest BCUT2D eigenvalue weighted by atomic mass is 10.1. The summed E-state index contributed by atoms with van der Waals surface area (Å²) in [4.78, 5) is 58.0. The molecule has 0 aromatic carbocycles. The third kappa shape index (κ3) is 56.6. The first kappa shape index (κ1) is 76.0. The summed E-state index contributed by atoms with van der Waals surface area (Å²) >= 11 is 0. The summed E-state index contributed by atoms with van der Waals surface area (Å²) in [5, 5.41) is 20.4. The molecule has 79 heavy (non-hydrogen) atoms. The van der Waals surface area contributed by atoms with E-state index in [1.54, 1.807) is 0 Å². The van der Waals surface area contributed by atoms with E-state index >= 15 is 0 Å². The maximum Gasteiger partial charge on any atom is 0.472 e. The molecule has 0 saturated heterocycles. The number of esters is 3. The summed E-state index contributed by atoms with van der Waals surface area (Å²) < 4.78 is 60.5. The lowest BCUT2D eigenvalue weighted by Gasteiger charge is -2.21. The average Bonchev–Trinajstić information content (AvgIpc) is 3.42. The van der Waals surface area contributed by atoms with Gasteiger partial charge in [-0.3, -0.25) is 32.5 Å². The predicted octanol–water partition coefficient (Wildman–Crippen LogP) is 15.6. The fraction of sp³-hybridized carbons (Fsp3) is 0.754. The van der Waals surface area contributed by atoms with Crippen molar-refractivity contribution in [2.75, 3.05) is 39.6 Å². The first-order valence-electron chi connectivity index (χ1n) is 30.2. The number of rotatable bonds is 57. The second-order valence-corrected chi connectivity index (χ2v) is 23.0. The Morgan fingerprint density at radius 2 is 0.684 bits per heavy atom. The maximum absolute atomic E-state index is 12.8. The van der Waals surface area contributed by atoms with Gasteiger partial charge in [-0.15, -0.1) is 0 Å². The number of aliphatic hydroxyl groups excluding tert-OH is 2. The highest BCUT2D eigenvalue weighted by atomic mass is 31.2. The van der Waals surface area contributed by atoms with Crippen molar-refractivity contribution in [3.63, 3.8) is 0 Å². The monoisotopic (exact) mass is 1160 g/mol. The molecule has 458 valence electrons. The molecular weight excluding hydrogens is 1050 g/mol. The molecule has 5 atom stereocenters. The van der Waals surface area contributed by atoms with Crippen molar-refractivity contribution in [1.82, 2.24) is 0 Å². The van der Waals surface area contributed by atoms with Gasteiger partial charge in [0.05, 0.1) is 26.4 Å². The van der Waals surface area contributed by atoms with E-state index in [1.165, 1.54) is 38.5 Å². The minimum absolute atomic E-state index is 0.0935. The highest BCUT2D eigenvalue weighted by Crippen LogP contribution is 2.45. The number of carbonyl (C=O) groups is 3. The molecule has 0 aliphatic rings. The van der Waals surface area contributed by atoms with Crippen LogP contribution in [-0.4, -0.2) is 95.9 Å². The van der Waals surface area contributed by atoms with Crippen LogP contribution in [0.1, 0.15) is 239 Å². The molecule has 0 bridgehead atoms. The van der Waals surface area contributed by atoms with Gasteiger partial charge in [0.2, 0.25) is 0 Å². The molecule has 0 radical (unpaired) electrons. The molecule has 0 aromatic heterocycles. The molecule has 0 amide bonds.